The van der Waals surface area contributed by atoms with E-state index in [4.69, 9.17) is 28.9 Å². The van der Waals surface area contributed by atoms with E-state index in [0.717, 1.165) is 11.3 Å². The minimum Gasteiger partial charge on any atom is -0.320 e. The Hall–Kier alpha value is -1.23. The number of para-hydroxylation sites is 1. The number of thiophene rings is 1. The number of hydrogen-bond donors (Lipinski definition) is 2. The highest BCUT2D eigenvalue weighted by Gasteiger charge is 2.21. The third-order valence-electron chi connectivity index (χ3n) is 2.41. The monoisotopic (exact) mass is 360 g/mol. The highest BCUT2D eigenvalue weighted by molar-refractivity contribution is 7.93. The molecule has 0 spiro atoms. The van der Waals surface area contributed by atoms with Crippen molar-refractivity contribution in [2.45, 2.75) is 4.90 Å². The summed E-state index contributed by atoms with van der Waals surface area (Å²) in [5.41, 5.74) is 6.21. The molecule has 0 aliphatic heterocycles. The normalized spacial score (nSPS) is 10.8. The molecule has 0 bridgehead atoms. The van der Waals surface area contributed by atoms with E-state index in [1.165, 1.54) is 6.07 Å². The van der Waals surface area contributed by atoms with Crippen molar-refractivity contribution < 1.29 is 8.42 Å². The number of benzene rings is 1. The second-order valence-corrected chi connectivity index (χ2v) is 7.78. The number of anilines is 1. The van der Waals surface area contributed by atoms with Crippen molar-refractivity contribution >= 4 is 50.2 Å². The molecule has 8 heteroatoms. The summed E-state index contributed by atoms with van der Waals surface area (Å²) in [5, 5.41) is 0. The fourth-order valence-electron chi connectivity index (χ4n) is 1.54. The summed E-state index contributed by atoms with van der Waals surface area (Å²) in [7, 11) is -3.83. The Morgan fingerprint density at radius 2 is 2.00 bits per heavy atom. The zero-order valence-electron chi connectivity index (χ0n) is 10.6. The Balaban J connectivity index is 2.40. The average molecular weight is 361 g/mol. The molecule has 1 heterocycles. The summed E-state index contributed by atoms with van der Waals surface area (Å²) in [6, 6.07) is 8.08. The molecule has 0 atom stereocenters. The van der Waals surface area contributed by atoms with E-state index < -0.39 is 10.0 Å². The molecule has 1 aromatic heterocycles. The van der Waals surface area contributed by atoms with E-state index in [2.05, 4.69) is 16.6 Å². The molecule has 21 heavy (non-hydrogen) atoms. The average Bonchev–Trinajstić information content (AvgIpc) is 2.77. The van der Waals surface area contributed by atoms with Gasteiger partial charge < -0.3 is 5.73 Å². The lowest BCUT2D eigenvalue weighted by Crippen LogP contribution is -2.13. The second-order valence-electron chi connectivity index (χ2n) is 3.85. The van der Waals surface area contributed by atoms with Crippen LogP contribution in [0.2, 0.25) is 8.67 Å². The molecule has 0 amide bonds. The first-order chi connectivity index (χ1) is 9.94. The van der Waals surface area contributed by atoms with Crippen molar-refractivity contribution in [3.05, 3.63) is 44.6 Å². The molecule has 3 N–H and O–H groups in total. The molecule has 110 valence electrons. The fraction of sp³-hybridized carbons (Fsp3) is 0.0769. The van der Waals surface area contributed by atoms with Gasteiger partial charge in [0, 0.05) is 5.56 Å². The first-order valence-corrected chi connectivity index (χ1v) is 8.75. The number of rotatable bonds is 3. The van der Waals surface area contributed by atoms with Crippen molar-refractivity contribution in [2.24, 2.45) is 5.73 Å². The lowest BCUT2D eigenvalue weighted by molar-refractivity contribution is 0.601. The molecule has 0 saturated heterocycles. The van der Waals surface area contributed by atoms with Gasteiger partial charge in [-0.15, -0.1) is 11.3 Å². The standard InChI is InChI=1S/C13H10Cl2N2O2S2/c14-12-8-11(13(15)20-12)21(18,19)17-10-6-2-1-4-9(10)5-3-7-16/h1-2,4,6,8,17H,7,16H2. The topological polar surface area (TPSA) is 72.2 Å². The first kappa shape index (κ1) is 16.1. The third kappa shape index (κ3) is 3.90. The van der Waals surface area contributed by atoms with Gasteiger partial charge in [0.05, 0.1) is 16.6 Å². The lowest BCUT2D eigenvalue weighted by atomic mass is 10.2. The van der Waals surface area contributed by atoms with Gasteiger partial charge in [0.2, 0.25) is 0 Å². The van der Waals surface area contributed by atoms with Gasteiger partial charge in [0.1, 0.15) is 9.23 Å². The molecular weight excluding hydrogens is 351 g/mol. The van der Waals surface area contributed by atoms with E-state index in [-0.39, 0.29) is 15.8 Å². The smallest absolute Gasteiger partial charge is 0.264 e. The van der Waals surface area contributed by atoms with Crippen LogP contribution in [0.15, 0.2) is 35.2 Å². The highest BCUT2D eigenvalue weighted by atomic mass is 35.5. The predicted octanol–water partition coefficient (Wildman–Crippen LogP) is 3.17. The summed E-state index contributed by atoms with van der Waals surface area (Å²) in [6.07, 6.45) is 0. The van der Waals surface area contributed by atoms with Gasteiger partial charge in [-0.1, -0.05) is 47.2 Å². The van der Waals surface area contributed by atoms with Gasteiger partial charge in [-0.05, 0) is 18.2 Å². The molecule has 0 aliphatic carbocycles. The van der Waals surface area contributed by atoms with Crippen LogP contribution in [0.3, 0.4) is 0 Å². The van der Waals surface area contributed by atoms with Gasteiger partial charge in [-0.2, -0.15) is 0 Å². The molecular formula is C13H10Cl2N2O2S2. The Morgan fingerprint density at radius 1 is 1.29 bits per heavy atom. The van der Waals surface area contributed by atoms with Crippen LogP contribution in [0.1, 0.15) is 5.56 Å². The highest BCUT2D eigenvalue weighted by Crippen LogP contribution is 2.35. The maximum absolute atomic E-state index is 12.3. The van der Waals surface area contributed by atoms with Crippen LogP contribution >= 0.6 is 34.5 Å². The predicted molar refractivity (Wildman–Crippen MR) is 87.5 cm³/mol. The van der Waals surface area contributed by atoms with E-state index in [9.17, 15) is 8.42 Å². The molecule has 1 aromatic carbocycles. The summed E-state index contributed by atoms with van der Waals surface area (Å²) in [6.45, 7) is 0.188. The Bertz CT molecular complexity index is 820. The number of nitrogens with one attached hydrogen (secondary N) is 1. The maximum Gasteiger partial charge on any atom is 0.264 e. The second kappa shape index (κ2) is 6.69. The van der Waals surface area contributed by atoms with Gasteiger partial charge in [0.15, 0.2) is 0 Å². The van der Waals surface area contributed by atoms with Gasteiger partial charge in [0.25, 0.3) is 10.0 Å². The van der Waals surface area contributed by atoms with E-state index in [0.29, 0.717) is 15.6 Å². The fourth-order valence-corrected chi connectivity index (χ4v) is 4.77. The summed E-state index contributed by atoms with van der Waals surface area (Å²) in [5.74, 6) is 5.49. The number of sulfonamides is 1. The molecule has 0 unspecified atom stereocenters. The van der Waals surface area contributed by atoms with Crippen LogP contribution in [-0.2, 0) is 10.0 Å². The van der Waals surface area contributed by atoms with Crippen LogP contribution in [0, 0.1) is 11.8 Å². The molecule has 0 aliphatic rings. The molecule has 4 nitrogen and oxygen atoms in total. The number of nitrogens with two attached hydrogens (primary N) is 1. The summed E-state index contributed by atoms with van der Waals surface area (Å²) >= 11 is 12.7. The van der Waals surface area contributed by atoms with E-state index >= 15 is 0 Å². The van der Waals surface area contributed by atoms with Crippen LogP contribution in [0.25, 0.3) is 0 Å². The van der Waals surface area contributed by atoms with Gasteiger partial charge >= 0.3 is 0 Å². The molecule has 2 rings (SSSR count). The van der Waals surface area contributed by atoms with Crippen molar-refractivity contribution in [1.29, 1.82) is 0 Å². The Morgan fingerprint density at radius 3 is 2.62 bits per heavy atom. The SMILES string of the molecule is NCC#Cc1ccccc1NS(=O)(=O)c1cc(Cl)sc1Cl. The summed E-state index contributed by atoms with van der Waals surface area (Å²) in [4.78, 5) is -0.0549. The molecule has 0 fully saturated rings. The van der Waals surface area contributed by atoms with Gasteiger partial charge in [-0.25, -0.2) is 8.42 Å². The first-order valence-electron chi connectivity index (χ1n) is 5.69. The third-order valence-corrected chi connectivity index (χ3v) is 5.53. The van der Waals surface area contributed by atoms with Crippen molar-refractivity contribution in [3.8, 4) is 11.8 Å². The van der Waals surface area contributed by atoms with Gasteiger partial charge in [-0.3, -0.25) is 4.72 Å². The minimum absolute atomic E-state index is 0.0549. The van der Waals surface area contributed by atoms with Crippen LogP contribution in [0.5, 0.6) is 0 Å². The zero-order valence-corrected chi connectivity index (χ0v) is 13.7. The van der Waals surface area contributed by atoms with Crippen LogP contribution in [-0.4, -0.2) is 15.0 Å². The Labute approximate surface area is 136 Å². The summed E-state index contributed by atoms with van der Waals surface area (Å²) < 4.78 is 27.6. The Kier molecular flexibility index (Phi) is 5.14. The van der Waals surface area contributed by atoms with Crippen LogP contribution < -0.4 is 10.5 Å². The number of halogens is 2. The molecule has 0 radical (unpaired) electrons. The van der Waals surface area contributed by atoms with Crippen molar-refractivity contribution in [3.63, 3.8) is 0 Å². The quantitative estimate of drug-likeness (QED) is 0.825. The van der Waals surface area contributed by atoms with Crippen molar-refractivity contribution in [2.75, 3.05) is 11.3 Å². The molecule has 0 saturated carbocycles. The maximum atomic E-state index is 12.3. The number of hydrogen-bond acceptors (Lipinski definition) is 4. The van der Waals surface area contributed by atoms with E-state index in [1.54, 1.807) is 24.3 Å². The lowest BCUT2D eigenvalue weighted by Gasteiger charge is -2.08. The molecule has 2 aromatic rings. The minimum atomic E-state index is -3.83. The van der Waals surface area contributed by atoms with Crippen molar-refractivity contribution in [1.82, 2.24) is 0 Å². The largest absolute Gasteiger partial charge is 0.320 e. The van der Waals surface area contributed by atoms with E-state index in [1.807, 2.05) is 0 Å². The zero-order chi connectivity index (χ0) is 15.5. The van der Waals surface area contributed by atoms with Crippen LogP contribution in [0.4, 0.5) is 5.69 Å².